The first-order valence-electron chi connectivity index (χ1n) is 8.82. The minimum absolute atomic E-state index is 0.103. The van der Waals surface area contributed by atoms with Crippen LogP contribution in [0.2, 0.25) is 5.02 Å². The Bertz CT molecular complexity index is 735. The zero-order valence-electron chi connectivity index (χ0n) is 15.1. The summed E-state index contributed by atoms with van der Waals surface area (Å²) in [5.41, 5.74) is 0.940. The van der Waals surface area contributed by atoms with Gasteiger partial charge in [0.2, 0.25) is 11.8 Å². The van der Waals surface area contributed by atoms with Crippen molar-refractivity contribution in [2.75, 3.05) is 26.7 Å². The maximum atomic E-state index is 12.6. The van der Waals surface area contributed by atoms with Gasteiger partial charge in [-0.1, -0.05) is 11.6 Å². The Morgan fingerprint density at radius 1 is 1.46 bits per heavy atom. The van der Waals surface area contributed by atoms with Gasteiger partial charge in [-0.15, -0.1) is 11.8 Å². The van der Waals surface area contributed by atoms with Crippen LogP contribution in [0.15, 0.2) is 34.9 Å². The Labute approximate surface area is 163 Å². The standard InChI is InChI=1S/C19H24ClN3O2S/c1-13(19(24)23-8-7-14(11-23)9-21-2)26-12-18-22-10-17(25-18)15-3-5-16(20)6-4-15/h3-6,10,13-14,21H,7-9,11-12H2,1-2H3. The number of nitrogens with one attached hydrogen (secondary N) is 1. The number of oxazole rings is 1. The third-order valence-electron chi connectivity index (χ3n) is 4.58. The van der Waals surface area contributed by atoms with Gasteiger partial charge in [0.1, 0.15) is 0 Å². The molecular weight excluding hydrogens is 370 g/mol. The zero-order chi connectivity index (χ0) is 18.5. The molecule has 2 aromatic rings. The molecule has 1 N–H and O–H groups in total. The van der Waals surface area contributed by atoms with Crippen LogP contribution in [0.5, 0.6) is 0 Å². The molecule has 0 saturated carbocycles. The lowest BCUT2D eigenvalue weighted by Gasteiger charge is -2.20. The Hall–Kier alpha value is -1.50. The van der Waals surface area contributed by atoms with Gasteiger partial charge in [-0.25, -0.2) is 4.98 Å². The van der Waals surface area contributed by atoms with Crippen molar-refractivity contribution in [2.24, 2.45) is 5.92 Å². The number of halogens is 1. The van der Waals surface area contributed by atoms with E-state index in [4.69, 9.17) is 16.0 Å². The van der Waals surface area contributed by atoms with Gasteiger partial charge >= 0.3 is 0 Å². The predicted octanol–water partition coefficient (Wildman–Crippen LogP) is 3.68. The van der Waals surface area contributed by atoms with Gasteiger partial charge in [-0.2, -0.15) is 0 Å². The molecule has 1 amide bonds. The Kier molecular flexibility index (Phi) is 6.62. The summed E-state index contributed by atoms with van der Waals surface area (Å²) >= 11 is 7.48. The number of aromatic nitrogens is 1. The maximum absolute atomic E-state index is 12.6. The Morgan fingerprint density at radius 2 is 2.23 bits per heavy atom. The van der Waals surface area contributed by atoms with E-state index in [0.29, 0.717) is 28.3 Å². The van der Waals surface area contributed by atoms with Crippen LogP contribution in [-0.4, -0.2) is 47.7 Å². The molecule has 1 aliphatic heterocycles. The number of benzene rings is 1. The Morgan fingerprint density at radius 3 is 2.96 bits per heavy atom. The largest absolute Gasteiger partial charge is 0.440 e. The lowest BCUT2D eigenvalue weighted by molar-refractivity contribution is -0.129. The smallest absolute Gasteiger partial charge is 0.235 e. The molecule has 26 heavy (non-hydrogen) atoms. The molecule has 5 nitrogen and oxygen atoms in total. The molecule has 1 fully saturated rings. The topological polar surface area (TPSA) is 58.4 Å². The van der Waals surface area contributed by atoms with Gasteiger partial charge in [0.15, 0.2) is 5.76 Å². The summed E-state index contributed by atoms with van der Waals surface area (Å²) in [6, 6.07) is 7.46. The second-order valence-electron chi connectivity index (χ2n) is 6.58. The fraction of sp³-hybridized carbons (Fsp3) is 0.474. The minimum Gasteiger partial charge on any atom is -0.440 e. The number of hydrogen-bond donors (Lipinski definition) is 1. The molecule has 0 spiro atoms. The summed E-state index contributed by atoms with van der Waals surface area (Å²) in [6.07, 6.45) is 2.79. The van der Waals surface area contributed by atoms with E-state index in [1.54, 1.807) is 18.0 Å². The van der Waals surface area contributed by atoms with Crippen LogP contribution in [0.3, 0.4) is 0 Å². The van der Waals surface area contributed by atoms with Crippen molar-refractivity contribution in [2.45, 2.75) is 24.3 Å². The summed E-state index contributed by atoms with van der Waals surface area (Å²) in [5, 5.41) is 3.78. The maximum Gasteiger partial charge on any atom is 0.235 e. The molecule has 0 aliphatic carbocycles. The predicted molar refractivity (Wildman–Crippen MR) is 106 cm³/mol. The summed E-state index contributed by atoms with van der Waals surface area (Å²) in [7, 11) is 1.96. The van der Waals surface area contributed by atoms with Crippen molar-refractivity contribution in [1.29, 1.82) is 0 Å². The highest BCUT2D eigenvalue weighted by Crippen LogP contribution is 2.26. The minimum atomic E-state index is -0.103. The molecule has 140 valence electrons. The highest BCUT2D eigenvalue weighted by molar-refractivity contribution is 7.99. The van der Waals surface area contributed by atoms with Gasteiger partial charge in [0, 0.05) is 23.7 Å². The number of nitrogens with zero attached hydrogens (tertiary/aromatic N) is 2. The van der Waals surface area contributed by atoms with Crippen molar-refractivity contribution in [3.63, 3.8) is 0 Å². The van der Waals surface area contributed by atoms with E-state index in [0.717, 1.165) is 31.6 Å². The molecule has 2 atom stereocenters. The second kappa shape index (κ2) is 8.93. The molecule has 0 radical (unpaired) electrons. The molecule has 1 aromatic carbocycles. The van der Waals surface area contributed by atoms with Gasteiger partial charge in [0.25, 0.3) is 0 Å². The van der Waals surface area contributed by atoms with Crippen LogP contribution in [0.4, 0.5) is 0 Å². The molecule has 1 aliphatic rings. The monoisotopic (exact) mass is 393 g/mol. The highest BCUT2D eigenvalue weighted by Gasteiger charge is 2.28. The van der Waals surface area contributed by atoms with Crippen LogP contribution in [-0.2, 0) is 10.5 Å². The Balaban J connectivity index is 1.51. The van der Waals surface area contributed by atoms with E-state index in [2.05, 4.69) is 10.3 Å². The van der Waals surface area contributed by atoms with Gasteiger partial charge in [-0.05, 0) is 57.1 Å². The third kappa shape index (κ3) is 4.81. The summed E-state index contributed by atoms with van der Waals surface area (Å²) in [4.78, 5) is 18.9. The number of thioether (sulfide) groups is 1. The van der Waals surface area contributed by atoms with Crippen molar-refractivity contribution < 1.29 is 9.21 Å². The number of amides is 1. The molecule has 2 unspecified atom stereocenters. The first kappa shape index (κ1) is 19.3. The van der Waals surface area contributed by atoms with Gasteiger partial charge in [0.05, 0.1) is 17.2 Å². The van der Waals surface area contributed by atoms with E-state index in [-0.39, 0.29) is 11.2 Å². The second-order valence-corrected chi connectivity index (χ2v) is 8.34. The normalized spacial score (nSPS) is 18.3. The number of rotatable bonds is 7. The van der Waals surface area contributed by atoms with E-state index in [1.165, 1.54) is 0 Å². The molecular formula is C19H24ClN3O2S. The SMILES string of the molecule is CNCC1CCN(C(=O)C(C)SCc2ncc(-c3ccc(Cl)cc3)o2)C1. The van der Waals surface area contributed by atoms with Crippen molar-refractivity contribution in [1.82, 2.24) is 15.2 Å². The number of likely N-dealkylation sites (tertiary alicyclic amines) is 1. The fourth-order valence-electron chi connectivity index (χ4n) is 3.14. The molecule has 1 saturated heterocycles. The van der Waals surface area contributed by atoms with E-state index in [1.807, 2.05) is 43.1 Å². The first-order valence-corrected chi connectivity index (χ1v) is 10.2. The lowest BCUT2D eigenvalue weighted by atomic mass is 10.1. The van der Waals surface area contributed by atoms with E-state index >= 15 is 0 Å². The van der Waals surface area contributed by atoms with Crippen LogP contribution in [0, 0.1) is 5.92 Å². The van der Waals surface area contributed by atoms with Crippen molar-refractivity contribution in [3.05, 3.63) is 41.4 Å². The molecule has 0 bridgehead atoms. The summed E-state index contributed by atoms with van der Waals surface area (Å²) in [5.74, 6) is 2.70. The van der Waals surface area contributed by atoms with Crippen LogP contribution < -0.4 is 5.32 Å². The zero-order valence-corrected chi connectivity index (χ0v) is 16.6. The number of carbonyl (C=O) groups excluding carboxylic acids is 1. The van der Waals surface area contributed by atoms with Crippen molar-refractivity contribution >= 4 is 29.3 Å². The fourth-order valence-corrected chi connectivity index (χ4v) is 4.08. The van der Waals surface area contributed by atoms with E-state index < -0.39 is 0 Å². The third-order valence-corrected chi connectivity index (χ3v) is 5.94. The van der Waals surface area contributed by atoms with E-state index in [9.17, 15) is 4.79 Å². The quantitative estimate of drug-likeness (QED) is 0.777. The van der Waals surface area contributed by atoms with Crippen molar-refractivity contribution in [3.8, 4) is 11.3 Å². The average molecular weight is 394 g/mol. The molecule has 3 rings (SSSR count). The lowest BCUT2D eigenvalue weighted by Crippen LogP contribution is -2.35. The van der Waals surface area contributed by atoms with Crippen LogP contribution in [0.25, 0.3) is 11.3 Å². The molecule has 1 aromatic heterocycles. The number of hydrogen-bond acceptors (Lipinski definition) is 5. The average Bonchev–Trinajstić information content (AvgIpc) is 3.30. The first-order chi connectivity index (χ1) is 12.6. The van der Waals surface area contributed by atoms with Crippen LogP contribution in [0.1, 0.15) is 19.2 Å². The van der Waals surface area contributed by atoms with Gasteiger partial charge in [-0.3, -0.25) is 4.79 Å². The van der Waals surface area contributed by atoms with Gasteiger partial charge < -0.3 is 14.6 Å². The number of carbonyl (C=O) groups is 1. The van der Waals surface area contributed by atoms with Crippen LogP contribution >= 0.6 is 23.4 Å². The molecule has 2 heterocycles. The summed E-state index contributed by atoms with van der Waals surface area (Å²) in [6.45, 7) is 4.64. The summed E-state index contributed by atoms with van der Waals surface area (Å²) < 4.78 is 5.81. The highest BCUT2D eigenvalue weighted by atomic mass is 35.5. The molecule has 7 heteroatoms.